The molecule has 0 nitrogen and oxygen atoms in total. The maximum absolute atomic E-state index is 4.27. The average molecular weight is 236 g/mol. The maximum atomic E-state index is 4.27. The summed E-state index contributed by atoms with van der Waals surface area (Å²) in [4.78, 5) is 0. The van der Waals surface area contributed by atoms with E-state index in [-0.39, 0.29) is 0 Å². The molecule has 0 aromatic carbocycles. The van der Waals surface area contributed by atoms with Crippen LogP contribution in [-0.4, -0.2) is 0 Å². The lowest BCUT2D eigenvalue weighted by Crippen LogP contribution is -2.00. The number of hydrogen-bond acceptors (Lipinski definition) is 0. The first kappa shape index (κ1) is 12.6. The minimum absolute atomic E-state index is 0.444. The molecule has 0 saturated heterocycles. The maximum Gasteiger partial charge on any atom is 0.00300 e. The molecule has 1 atom stereocenters. The van der Waals surface area contributed by atoms with Gasteiger partial charge in [-0.25, -0.2) is 0 Å². The molecule has 0 aromatic rings. The van der Waals surface area contributed by atoms with Gasteiger partial charge in [-0.1, -0.05) is 55.7 Å². The number of fused-ring (bicyclic) bond motifs is 1. The van der Waals surface area contributed by atoms with Gasteiger partial charge in [-0.05, 0) is 41.6 Å². The second kappa shape index (κ2) is 5.68. The SMILES string of the molecule is C=C/C=C1/C=C(CC=C)C2=CC(CCC=C2)C1=C. The van der Waals surface area contributed by atoms with Gasteiger partial charge < -0.3 is 0 Å². The zero-order valence-electron chi connectivity index (χ0n) is 10.9. The molecule has 0 amide bonds. The Kier molecular flexibility index (Phi) is 3.99. The molecule has 0 radical (unpaired) electrons. The highest BCUT2D eigenvalue weighted by Gasteiger charge is 2.19. The molecular formula is C18H20. The lowest BCUT2D eigenvalue weighted by atomic mass is 9.90. The molecule has 1 unspecified atom stereocenters. The largest absolute Gasteiger partial charge is 0.103 e. The van der Waals surface area contributed by atoms with E-state index in [1.165, 1.54) is 22.3 Å². The Morgan fingerprint density at radius 3 is 2.89 bits per heavy atom. The van der Waals surface area contributed by atoms with E-state index in [2.05, 4.69) is 50.1 Å². The van der Waals surface area contributed by atoms with Gasteiger partial charge in [-0.2, -0.15) is 0 Å². The summed E-state index contributed by atoms with van der Waals surface area (Å²) in [6, 6.07) is 0. The molecule has 0 spiro atoms. The molecule has 0 saturated carbocycles. The van der Waals surface area contributed by atoms with Crippen molar-refractivity contribution in [3.05, 3.63) is 84.6 Å². The first-order valence-electron chi connectivity index (χ1n) is 6.48. The summed E-state index contributed by atoms with van der Waals surface area (Å²) in [5.74, 6) is 0.444. The average Bonchev–Trinajstić information content (AvgIpc) is 2.67. The van der Waals surface area contributed by atoms with Crippen molar-refractivity contribution in [3.8, 4) is 0 Å². The normalized spacial score (nSPS) is 25.0. The molecule has 0 heteroatoms. The van der Waals surface area contributed by atoms with Crippen LogP contribution >= 0.6 is 0 Å². The Morgan fingerprint density at radius 2 is 2.17 bits per heavy atom. The van der Waals surface area contributed by atoms with Crippen LogP contribution < -0.4 is 0 Å². The van der Waals surface area contributed by atoms with Crippen molar-refractivity contribution in [2.75, 3.05) is 0 Å². The molecule has 18 heavy (non-hydrogen) atoms. The first-order chi connectivity index (χ1) is 8.76. The summed E-state index contributed by atoms with van der Waals surface area (Å²) in [7, 11) is 0. The number of hydrogen-bond donors (Lipinski definition) is 0. The van der Waals surface area contributed by atoms with Crippen LogP contribution in [0.25, 0.3) is 0 Å². The van der Waals surface area contributed by atoms with Crippen LogP contribution in [-0.2, 0) is 0 Å². The van der Waals surface area contributed by atoms with Gasteiger partial charge in [0.25, 0.3) is 0 Å². The highest BCUT2D eigenvalue weighted by Crippen LogP contribution is 2.35. The van der Waals surface area contributed by atoms with Crippen molar-refractivity contribution in [1.29, 1.82) is 0 Å². The monoisotopic (exact) mass is 236 g/mol. The van der Waals surface area contributed by atoms with Gasteiger partial charge in [0.2, 0.25) is 0 Å². The molecule has 0 aromatic heterocycles. The predicted molar refractivity (Wildman–Crippen MR) is 80.3 cm³/mol. The fourth-order valence-electron chi connectivity index (χ4n) is 2.52. The summed E-state index contributed by atoms with van der Waals surface area (Å²) in [5.41, 5.74) is 5.05. The van der Waals surface area contributed by atoms with E-state index in [0.717, 1.165) is 19.3 Å². The van der Waals surface area contributed by atoms with Crippen LogP contribution in [0.3, 0.4) is 0 Å². The van der Waals surface area contributed by atoms with E-state index in [0.29, 0.717) is 5.92 Å². The summed E-state index contributed by atoms with van der Waals surface area (Å²) < 4.78 is 0. The summed E-state index contributed by atoms with van der Waals surface area (Å²) in [5, 5.41) is 0. The van der Waals surface area contributed by atoms with Gasteiger partial charge in [0, 0.05) is 5.92 Å². The van der Waals surface area contributed by atoms with Crippen LogP contribution in [0.15, 0.2) is 84.6 Å². The fourth-order valence-corrected chi connectivity index (χ4v) is 2.52. The zero-order valence-corrected chi connectivity index (χ0v) is 10.9. The van der Waals surface area contributed by atoms with Crippen molar-refractivity contribution in [2.45, 2.75) is 19.3 Å². The Balaban J connectivity index is 2.52. The third kappa shape index (κ3) is 2.53. The van der Waals surface area contributed by atoms with Gasteiger partial charge in [-0.3, -0.25) is 0 Å². The Labute approximate surface area is 110 Å². The molecule has 2 aliphatic rings. The third-order valence-corrected chi connectivity index (χ3v) is 3.50. The molecule has 0 N–H and O–H groups in total. The van der Waals surface area contributed by atoms with Crippen LogP contribution in [0.2, 0.25) is 0 Å². The Bertz CT molecular complexity index is 492. The van der Waals surface area contributed by atoms with Crippen LogP contribution in [0.5, 0.6) is 0 Å². The molecule has 2 aliphatic carbocycles. The van der Waals surface area contributed by atoms with E-state index in [1.807, 2.05) is 12.2 Å². The smallest absolute Gasteiger partial charge is 0.00300 e. The zero-order chi connectivity index (χ0) is 13.0. The molecule has 92 valence electrons. The first-order valence-corrected chi connectivity index (χ1v) is 6.48. The topological polar surface area (TPSA) is 0 Å². The van der Waals surface area contributed by atoms with E-state index < -0.39 is 0 Å². The molecule has 2 bridgehead atoms. The lowest BCUT2D eigenvalue weighted by molar-refractivity contribution is 0.699. The Morgan fingerprint density at radius 1 is 1.33 bits per heavy atom. The van der Waals surface area contributed by atoms with E-state index in [1.54, 1.807) is 0 Å². The standard InChI is InChI=1S/C18H20/c1-4-8-15-12-17(9-5-2)18-11-7-6-10-16(13-18)14(15)3/h4-5,7-8,11-13,16H,1-3,6,9-10H2/b15-8-. The highest BCUT2D eigenvalue weighted by atomic mass is 14.2. The molecular weight excluding hydrogens is 216 g/mol. The Hall–Kier alpha value is -1.82. The van der Waals surface area contributed by atoms with Crippen LogP contribution in [0, 0.1) is 5.92 Å². The van der Waals surface area contributed by atoms with Gasteiger partial charge in [0.05, 0.1) is 0 Å². The van der Waals surface area contributed by atoms with Crippen LogP contribution in [0.1, 0.15) is 19.3 Å². The van der Waals surface area contributed by atoms with Gasteiger partial charge in [0.1, 0.15) is 0 Å². The van der Waals surface area contributed by atoms with Crippen molar-refractivity contribution in [3.63, 3.8) is 0 Å². The quantitative estimate of drug-likeness (QED) is 0.600. The summed E-state index contributed by atoms with van der Waals surface area (Å²) in [6.07, 6.45) is 18.1. The van der Waals surface area contributed by atoms with Gasteiger partial charge >= 0.3 is 0 Å². The van der Waals surface area contributed by atoms with E-state index in [9.17, 15) is 0 Å². The van der Waals surface area contributed by atoms with Crippen molar-refractivity contribution >= 4 is 0 Å². The van der Waals surface area contributed by atoms with Crippen molar-refractivity contribution in [2.24, 2.45) is 5.92 Å². The summed E-state index contributed by atoms with van der Waals surface area (Å²) >= 11 is 0. The molecule has 2 rings (SSSR count). The number of rotatable bonds is 3. The minimum Gasteiger partial charge on any atom is -0.103 e. The van der Waals surface area contributed by atoms with Crippen molar-refractivity contribution in [1.82, 2.24) is 0 Å². The molecule has 0 heterocycles. The van der Waals surface area contributed by atoms with E-state index >= 15 is 0 Å². The number of allylic oxidation sites excluding steroid dienone is 11. The van der Waals surface area contributed by atoms with Crippen molar-refractivity contribution < 1.29 is 0 Å². The summed E-state index contributed by atoms with van der Waals surface area (Å²) in [6.45, 7) is 11.9. The molecule has 0 fully saturated rings. The van der Waals surface area contributed by atoms with Crippen LogP contribution in [0.4, 0.5) is 0 Å². The molecule has 0 aliphatic heterocycles. The second-order valence-electron chi connectivity index (χ2n) is 4.75. The fraction of sp³-hybridized carbons (Fsp3) is 0.222. The third-order valence-electron chi connectivity index (χ3n) is 3.50. The van der Waals surface area contributed by atoms with Gasteiger partial charge in [-0.15, -0.1) is 6.58 Å². The highest BCUT2D eigenvalue weighted by molar-refractivity contribution is 5.55. The lowest BCUT2D eigenvalue weighted by Gasteiger charge is -2.14. The predicted octanol–water partition coefficient (Wildman–Crippen LogP) is 5.06. The minimum atomic E-state index is 0.444. The second-order valence-corrected chi connectivity index (χ2v) is 4.75. The van der Waals surface area contributed by atoms with Gasteiger partial charge in [0.15, 0.2) is 0 Å². The van der Waals surface area contributed by atoms with E-state index in [4.69, 9.17) is 0 Å².